The van der Waals surface area contributed by atoms with E-state index in [1.54, 1.807) is 25.1 Å². The zero-order valence-corrected chi connectivity index (χ0v) is 26.4. The number of nitrogens with one attached hydrogen (secondary N) is 1. The number of rotatable bonds is 9. The maximum atomic E-state index is 15.2. The summed E-state index contributed by atoms with van der Waals surface area (Å²) < 4.78 is 20.9. The van der Waals surface area contributed by atoms with Crippen LogP contribution < -0.4 is 15.0 Å². The fourth-order valence-corrected chi connectivity index (χ4v) is 7.71. The number of aliphatic hydroxyl groups is 2. The molecule has 2 aromatic rings. The number of benzene rings is 2. The third kappa shape index (κ3) is 5.66. The van der Waals surface area contributed by atoms with E-state index in [-0.39, 0.29) is 41.1 Å². The second kappa shape index (κ2) is 11.9. The van der Waals surface area contributed by atoms with E-state index in [0.717, 1.165) is 12.8 Å². The van der Waals surface area contributed by atoms with Crippen molar-refractivity contribution in [1.82, 2.24) is 10.4 Å². The van der Waals surface area contributed by atoms with E-state index >= 15 is 4.39 Å². The first-order valence-electron chi connectivity index (χ1n) is 15.2. The third-order valence-electron chi connectivity index (χ3n) is 10.4. The summed E-state index contributed by atoms with van der Waals surface area (Å²) in [5.74, 6) is -1.50. The number of aliphatic hydroxyl groups excluding tert-OH is 2. The fraction of sp³-hybridized carbons (Fsp3) is 0.576. The van der Waals surface area contributed by atoms with E-state index in [2.05, 4.69) is 26.1 Å². The lowest BCUT2D eigenvalue weighted by molar-refractivity contribution is -0.231. The van der Waals surface area contributed by atoms with Crippen molar-refractivity contribution >= 4 is 17.6 Å². The van der Waals surface area contributed by atoms with Crippen LogP contribution in [0.5, 0.6) is 5.75 Å². The van der Waals surface area contributed by atoms with E-state index in [9.17, 15) is 24.9 Å². The van der Waals surface area contributed by atoms with Crippen molar-refractivity contribution in [3.63, 3.8) is 0 Å². The molecule has 3 aliphatic carbocycles. The molecule has 4 fully saturated rings. The van der Waals surface area contributed by atoms with Crippen LogP contribution in [0.3, 0.4) is 0 Å². The second-order valence-corrected chi connectivity index (χ2v) is 13.5. The summed E-state index contributed by atoms with van der Waals surface area (Å²) in [6.45, 7) is 8.08. The molecule has 1 unspecified atom stereocenters. The van der Waals surface area contributed by atoms with Crippen molar-refractivity contribution in [2.24, 2.45) is 29.1 Å². The van der Waals surface area contributed by atoms with Gasteiger partial charge in [-0.25, -0.2) is 9.18 Å². The molecule has 44 heavy (non-hydrogen) atoms. The Bertz CT molecular complexity index is 1430. The van der Waals surface area contributed by atoms with Crippen molar-refractivity contribution in [2.45, 2.75) is 71.6 Å². The molecule has 4 aliphatic rings. The maximum absolute atomic E-state index is 15.2. The molecule has 2 aromatic carbocycles. The Balaban J connectivity index is 1.47. The molecule has 3 saturated carbocycles. The van der Waals surface area contributed by atoms with Gasteiger partial charge in [-0.1, -0.05) is 20.8 Å². The minimum Gasteiger partial charge on any atom is -0.496 e. The van der Waals surface area contributed by atoms with Crippen LogP contribution in [0.25, 0.3) is 11.1 Å². The monoisotopic (exact) mass is 613 g/mol. The minimum atomic E-state index is -1.46. The first kappa shape index (κ1) is 32.2. The smallest absolute Gasteiger partial charge is 0.335 e. The van der Waals surface area contributed by atoms with Gasteiger partial charge in [0.15, 0.2) is 6.29 Å². The topological polar surface area (TPSA) is 132 Å². The quantitative estimate of drug-likeness (QED) is 0.333. The summed E-state index contributed by atoms with van der Waals surface area (Å²) in [5.41, 5.74) is 1.94. The van der Waals surface area contributed by atoms with Crippen LogP contribution >= 0.6 is 0 Å². The van der Waals surface area contributed by atoms with E-state index in [4.69, 9.17) is 9.57 Å². The van der Waals surface area contributed by atoms with Gasteiger partial charge < -0.3 is 30.3 Å². The summed E-state index contributed by atoms with van der Waals surface area (Å²) in [6.07, 6.45) is -0.524. The van der Waals surface area contributed by atoms with Crippen LogP contribution in [0.2, 0.25) is 0 Å². The number of amides is 1. The number of nitrogens with zero attached hydrogens (tertiary/aromatic N) is 2. The average molecular weight is 614 g/mol. The van der Waals surface area contributed by atoms with Crippen LogP contribution in [-0.2, 0) is 16.2 Å². The molecule has 0 aromatic heterocycles. The number of fused-ring (bicyclic) bond motifs is 2. The van der Waals surface area contributed by atoms with Crippen molar-refractivity contribution < 1.29 is 38.9 Å². The van der Waals surface area contributed by atoms with Crippen LogP contribution in [0.1, 0.15) is 56.5 Å². The Morgan fingerprint density at radius 1 is 1.20 bits per heavy atom. The number of ether oxygens (including phenoxy) is 1. The number of carbonyl (C=O) groups excluding carboxylic acids is 1. The highest BCUT2D eigenvalue weighted by molar-refractivity contribution is 5.92. The highest BCUT2D eigenvalue weighted by Gasteiger charge is 2.57. The number of carboxylic acid groups (broad SMARTS) is 1. The average Bonchev–Trinajstić information content (AvgIpc) is 3.28. The van der Waals surface area contributed by atoms with Gasteiger partial charge in [0.1, 0.15) is 17.6 Å². The fourth-order valence-electron chi connectivity index (χ4n) is 7.71. The molecule has 10 nitrogen and oxygen atoms in total. The predicted octanol–water partition coefficient (Wildman–Crippen LogP) is 3.88. The van der Waals surface area contributed by atoms with Gasteiger partial charge in [0, 0.05) is 37.0 Å². The SMILES string of the molecule is COc1c(CN2OC(O)[C@@H]([C@H](C)O)[C@H]2C(=O)N[C@H]2C[C@H]3C[C@@H]([C@@H]2C)C3(C)C)cc(F)cc1-c1cc(C(=O)O)cc(N(C)C)c1. The number of halogens is 1. The lowest BCUT2D eigenvalue weighted by Gasteiger charge is -2.62. The zero-order chi connectivity index (χ0) is 32.2. The van der Waals surface area contributed by atoms with E-state index < -0.39 is 36.1 Å². The molecular weight excluding hydrogens is 569 g/mol. The number of aromatic carboxylic acids is 1. The Labute approximate surface area is 257 Å². The second-order valence-electron chi connectivity index (χ2n) is 13.5. The number of hydroxylamine groups is 2. The van der Waals surface area contributed by atoms with Crippen LogP contribution in [0, 0.1) is 34.9 Å². The predicted molar refractivity (Wildman–Crippen MR) is 162 cm³/mol. The molecule has 8 atom stereocenters. The number of hydrogen-bond acceptors (Lipinski definition) is 8. The van der Waals surface area contributed by atoms with E-state index in [1.807, 2.05) is 0 Å². The lowest BCUT2D eigenvalue weighted by Crippen LogP contribution is -2.62. The zero-order valence-electron chi connectivity index (χ0n) is 26.4. The number of hydrogen-bond donors (Lipinski definition) is 4. The largest absolute Gasteiger partial charge is 0.496 e. The molecular formula is C33H44FN3O7. The standard InChI is InChI=1S/C33H44FN3O7/c1-16-25-12-21(33(25,3)4)13-26(16)35-30(39)28-27(17(2)38)32(42)44-37(28)15-20-9-22(34)14-24(29(20)43-7)18-8-19(31(40)41)11-23(10-18)36(5)6/h8-11,14,16-17,21,25-28,32,38,42H,12-13,15H2,1-7H3,(H,35,39)(H,40,41)/t16-,17-,21+,25-,26-,27-,28-,32?/m0/s1. The summed E-state index contributed by atoms with van der Waals surface area (Å²) in [6, 6.07) is 6.13. The minimum absolute atomic E-state index is 0.0274. The molecule has 2 bridgehead atoms. The molecule has 1 saturated heterocycles. The molecule has 1 amide bonds. The van der Waals surface area contributed by atoms with E-state index in [0.29, 0.717) is 34.2 Å². The summed E-state index contributed by atoms with van der Waals surface area (Å²) >= 11 is 0. The Hall–Kier alpha value is -3.25. The highest BCUT2D eigenvalue weighted by Crippen LogP contribution is 2.61. The molecule has 1 aliphatic heterocycles. The Morgan fingerprint density at radius 2 is 1.91 bits per heavy atom. The Morgan fingerprint density at radius 3 is 2.48 bits per heavy atom. The van der Waals surface area contributed by atoms with Crippen molar-refractivity contribution in [1.29, 1.82) is 0 Å². The molecule has 6 rings (SSSR count). The van der Waals surface area contributed by atoms with Gasteiger partial charge in [-0.05, 0) is 78.8 Å². The number of anilines is 1. The summed E-state index contributed by atoms with van der Waals surface area (Å²) in [5, 5.41) is 35.6. The van der Waals surface area contributed by atoms with E-state index in [1.165, 1.54) is 43.4 Å². The van der Waals surface area contributed by atoms with Crippen LogP contribution in [0.15, 0.2) is 30.3 Å². The van der Waals surface area contributed by atoms with Crippen molar-refractivity contribution in [3.05, 3.63) is 47.3 Å². The van der Waals surface area contributed by atoms with Gasteiger partial charge in [-0.3, -0.25) is 9.63 Å². The summed E-state index contributed by atoms with van der Waals surface area (Å²) in [7, 11) is 4.97. The Kier molecular flexibility index (Phi) is 8.71. The molecule has 4 N–H and O–H groups in total. The molecule has 0 radical (unpaired) electrons. The number of carboxylic acids is 1. The molecule has 1 heterocycles. The molecule has 0 spiro atoms. The highest BCUT2D eigenvalue weighted by atomic mass is 19.1. The van der Waals surface area contributed by atoms with Gasteiger partial charge in [0.2, 0.25) is 5.91 Å². The number of methoxy groups -OCH3 is 1. The van der Waals surface area contributed by atoms with Crippen LogP contribution in [0.4, 0.5) is 10.1 Å². The molecule has 11 heteroatoms. The van der Waals surface area contributed by atoms with Crippen LogP contribution in [-0.4, -0.2) is 77.9 Å². The van der Waals surface area contributed by atoms with Crippen molar-refractivity contribution in [3.8, 4) is 16.9 Å². The van der Waals surface area contributed by atoms with Crippen molar-refractivity contribution in [2.75, 3.05) is 26.1 Å². The maximum Gasteiger partial charge on any atom is 0.335 e. The van der Waals surface area contributed by atoms with Gasteiger partial charge >= 0.3 is 5.97 Å². The number of carbonyl (C=O) groups is 2. The lowest BCUT2D eigenvalue weighted by atomic mass is 9.45. The van der Waals surface area contributed by atoms with Gasteiger partial charge in [-0.2, -0.15) is 5.06 Å². The van der Waals surface area contributed by atoms with Gasteiger partial charge in [0.25, 0.3) is 0 Å². The first-order valence-corrected chi connectivity index (χ1v) is 15.2. The normalized spacial score (nSPS) is 29.9. The molecule has 240 valence electrons. The first-order chi connectivity index (χ1) is 20.6. The third-order valence-corrected chi connectivity index (χ3v) is 10.4. The van der Waals surface area contributed by atoms with Gasteiger partial charge in [0.05, 0.1) is 31.2 Å². The van der Waals surface area contributed by atoms with Gasteiger partial charge in [-0.15, -0.1) is 0 Å². The summed E-state index contributed by atoms with van der Waals surface area (Å²) in [4.78, 5) is 33.3.